The second-order valence-electron chi connectivity index (χ2n) is 4.58. The first-order chi connectivity index (χ1) is 7.65. The predicted molar refractivity (Wildman–Crippen MR) is 59.3 cm³/mol. The van der Waals surface area contributed by atoms with Crippen LogP contribution >= 0.6 is 0 Å². The molecule has 1 aromatic heterocycles. The lowest BCUT2D eigenvalue weighted by molar-refractivity contribution is 0.0258. The van der Waals surface area contributed by atoms with Gasteiger partial charge in [-0.2, -0.15) is 0 Å². The Morgan fingerprint density at radius 2 is 2.38 bits per heavy atom. The number of halogens is 1. The summed E-state index contributed by atoms with van der Waals surface area (Å²) in [7, 11) is 0. The minimum absolute atomic E-state index is 0.268. The van der Waals surface area contributed by atoms with Gasteiger partial charge in [-0.3, -0.25) is 9.88 Å². The molecule has 0 aliphatic carbocycles. The van der Waals surface area contributed by atoms with Gasteiger partial charge in [0.2, 0.25) is 0 Å². The average molecular weight is 224 g/mol. The Morgan fingerprint density at radius 3 is 3.06 bits per heavy atom. The van der Waals surface area contributed by atoms with Crippen LogP contribution in [0.5, 0.6) is 0 Å². The number of pyridine rings is 1. The summed E-state index contributed by atoms with van der Waals surface area (Å²) in [6.07, 6.45) is 3.60. The van der Waals surface area contributed by atoms with Gasteiger partial charge in [-0.25, -0.2) is 4.39 Å². The van der Waals surface area contributed by atoms with Gasteiger partial charge < -0.3 is 5.11 Å². The maximum atomic E-state index is 12.9. The number of hydrogen-bond acceptors (Lipinski definition) is 3. The highest BCUT2D eigenvalue weighted by Crippen LogP contribution is 2.18. The van der Waals surface area contributed by atoms with Crippen molar-refractivity contribution in [2.45, 2.75) is 26.0 Å². The van der Waals surface area contributed by atoms with Crippen LogP contribution in [0, 0.1) is 11.7 Å². The van der Waals surface area contributed by atoms with Crippen LogP contribution in [0.1, 0.15) is 18.9 Å². The number of hydrogen-bond donors (Lipinski definition) is 1. The summed E-state index contributed by atoms with van der Waals surface area (Å²) in [5.74, 6) is 0.0605. The average Bonchev–Trinajstić information content (AvgIpc) is 2.24. The van der Waals surface area contributed by atoms with Gasteiger partial charge in [0.1, 0.15) is 5.82 Å². The van der Waals surface area contributed by atoms with E-state index >= 15 is 0 Å². The van der Waals surface area contributed by atoms with Crippen molar-refractivity contribution in [3.63, 3.8) is 0 Å². The molecule has 2 unspecified atom stereocenters. The fraction of sp³-hybridized carbons (Fsp3) is 0.583. The highest BCUT2D eigenvalue weighted by Gasteiger charge is 2.24. The standard InChI is InChI=1S/C12H17FN2O/c1-9-2-3-15(8-12(9)16)7-10-4-11(13)6-14-5-10/h4-6,9,12,16H,2-3,7-8H2,1H3. The molecule has 1 fully saturated rings. The van der Waals surface area contributed by atoms with E-state index in [9.17, 15) is 9.50 Å². The van der Waals surface area contributed by atoms with E-state index in [1.807, 2.05) is 0 Å². The second kappa shape index (κ2) is 4.89. The molecule has 2 rings (SSSR count). The second-order valence-corrected chi connectivity index (χ2v) is 4.58. The lowest BCUT2D eigenvalue weighted by Crippen LogP contribution is -2.42. The van der Waals surface area contributed by atoms with Crippen molar-refractivity contribution in [3.8, 4) is 0 Å². The molecule has 1 aliphatic rings. The zero-order chi connectivity index (χ0) is 11.5. The first-order valence-corrected chi connectivity index (χ1v) is 5.65. The van der Waals surface area contributed by atoms with E-state index < -0.39 is 0 Å². The van der Waals surface area contributed by atoms with Gasteiger partial charge in [-0.15, -0.1) is 0 Å². The molecule has 1 aliphatic heterocycles. The van der Waals surface area contributed by atoms with Gasteiger partial charge in [0.15, 0.2) is 0 Å². The van der Waals surface area contributed by atoms with Crippen molar-refractivity contribution in [2.75, 3.05) is 13.1 Å². The molecule has 1 saturated heterocycles. The Balaban J connectivity index is 1.95. The third-order valence-electron chi connectivity index (χ3n) is 3.17. The Bertz CT molecular complexity index is 359. The van der Waals surface area contributed by atoms with Gasteiger partial charge >= 0.3 is 0 Å². The number of nitrogens with zero attached hydrogens (tertiary/aromatic N) is 2. The van der Waals surface area contributed by atoms with E-state index in [0.29, 0.717) is 19.0 Å². The topological polar surface area (TPSA) is 36.4 Å². The van der Waals surface area contributed by atoms with Crippen molar-refractivity contribution in [3.05, 3.63) is 29.8 Å². The molecule has 3 nitrogen and oxygen atoms in total. The monoisotopic (exact) mass is 224 g/mol. The van der Waals surface area contributed by atoms with Crippen LogP contribution in [-0.2, 0) is 6.54 Å². The molecule has 0 aromatic carbocycles. The SMILES string of the molecule is CC1CCN(Cc2cncc(F)c2)CC1O. The van der Waals surface area contributed by atoms with Crippen molar-refractivity contribution in [2.24, 2.45) is 5.92 Å². The maximum absolute atomic E-state index is 12.9. The summed E-state index contributed by atoms with van der Waals surface area (Å²) in [5, 5.41) is 9.75. The molecule has 2 heterocycles. The smallest absolute Gasteiger partial charge is 0.141 e. The van der Waals surface area contributed by atoms with Crippen LogP contribution < -0.4 is 0 Å². The lowest BCUT2D eigenvalue weighted by Gasteiger charge is -2.34. The summed E-state index contributed by atoms with van der Waals surface area (Å²) in [6.45, 7) is 4.34. The predicted octanol–water partition coefficient (Wildman–Crippen LogP) is 1.42. The third-order valence-corrected chi connectivity index (χ3v) is 3.17. The number of aromatic nitrogens is 1. The van der Waals surface area contributed by atoms with Crippen LogP contribution in [0.2, 0.25) is 0 Å². The zero-order valence-corrected chi connectivity index (χ0v) is 9.43. The molecule has 0 radical (unpaired) electrons. The number of likely N-dealkylation sites (tertiary alicyclic amines) is 1. The lowest BCUT2D eigenvalue weighted by atomic mass is 9.96. The molecular weight excluding hydrogens is 207 g/mol. The van der Waals surface area contributed by atoms with Crippen LogP contribution in [0.4, 0.5) is 4.39 Å². The number of rotatable bonds is 2. The normalized spacial score (nSPS) is 26.9. The van der Waals surface area contributed by atoms with E-state index in [1.165, 1.54) is 12.3 Å². The molecule has 2 atom stereocenters. The first-order valence-electron chi connectivity index (χ1n) is 5.65. The maximum Gasteiger partial charge on any atom is 0.141 e. The molecule has 16 heavy (non-hydrogen) atoms. The van der Waals surface area contributed by atoms with E-state index in [0.717, 1.165) is 18.5 Å². The minimum Gasteiger partial charge on any atom is -0.392 e. The van der Waals surface area contributed by atoms with Crippen LogP contribution in [-0.4, -0.2) is 34.2 Å². The Hall–Kier alpha value is -1.00. The quantitative estimate of drug-likeness (QED) is 0.825. The number of piperidine rings is 1. The molecule has 0 amide bonds. The summed E-state index contributed by atoms with van der Waals surface area (Å²) in [5.41, 5.74) is 0.863. The number of β-amino-alcohol motifs (C(OH)–C–C–N with tert-alkyl or cyclic N) is 1. The van der Waals surface area contributed by atoms with Crippen molar-refractivity contribution >= 4 is 0 Å². The number of aliphatic hydroxyl groups excluding tert-OH is 1. The van der Waals surface area contributed by atoms with Crippen LogP contribution in [0.25, 0.3) is 0 Å². The molecule has 0 bridgehead atoms. The Labute approximate surface area is 94.9 Å². The van der Waals surface area contributed by atoms with Crippen molar-refractivity contribution in [1.29, 1.82) is 0 Å². The van der Waals surface area contributed by atoms with Gasteiger partial charge in [-0.1, -0.05) is 6.92 Å². The largest absolute Gasteiger partial charge is 0.392 e. The summed E-state index contributed by atoms with van der Waals surface area (Å²) in [6, 6.07) is 1.50. The molecule has 1 N–H and O–H groups in total. The molecule has 0 saturated carbocycles. The van der Waals surface area contributed by atoms with Crippen molar-refractivity contribution < 1.29 is 9.50 Å². The first kappa shape index (κ1) is 11.5. The van der Waals surface area contributed by atoms with Crippen molar-refractivity contribution in [1.82, 2.24) is 9.88 Å². The van der Waals surface area contributed by atoms with Gasteiger partial charge in [0.05, 0.1) is 12.3 Å². The van der Waals surface area contributed by atoms with E-state index in [1.54, 1.807) is 6.20 Å². The molecule has 88 valence electrons. The summed E-state index contributed by atoms with van der Waals surface area (Å²) >= 11 is 0. The fourth-order valence-electron chi connectivity index (χ4n) is 2.06. The van der Waals surface area contributed by atoms with E-state index in [4.69, 9.17) is 0 Å². The molecule has 1 aromatic rings. The molecular formula is C12H17FN2O. The summed E-state index contributed by atoms with van der Waals surface area (Å²) in [4.78, 5) is 5.96. The molecule has 4 heteroatoms. The number of aliphatic hydroxyl groups is 1. The molecule has 0 spiro atoms. The van der Waals surface area contributed by atoms with Gasteiger partial charge in [-0.05, 0) is 30.5 Å². The van der Waals surface area contributed by atoms with E-state index in [-0.39, 0.29) is 11.9 Å². The van der Waals surface area contributed by atoms with Gasteiger partial charge in [0, 0.05) is 19.3 Å². The Kier molecular flexibility index (Phi) is 3.51. The summed E-state index contributed by atoms with van der Waals surface area (Å²) < 4.78 is 12.9. The zero-order valence-electron chi connectivity index (χ0n) is 9.43. The fourth-order valence-corrected chi connectivity index (χ4v) is 2.06. The minimum atomic E-state index is -0.302. The highest BCUT2D eigenvalue weighted by atomic mass is 19.1. The third kappa shape index (κ3) is 2.77. The van der Waals surface area contributed by atoms with Crippen LogP contribution in [0.15, 0.2) is 18.5 Å². The highest BCUT2D eigenvalue weighted by molar-refractivity contribution is 5.10. The van der Waals surface area contributed by atoms with E-state index in [2.05, 4.69) is 16.8 Å². The Morgan fingerprint density at radius 1 is 1.56 bits per heavy atom. The van der Waals surface area contributed by atoms with Crippen LogP contribution in [0.3, 0.4) is 0 Å². The van der Waals surface area contributed by atoms with Gasteiger partial charge in [0.25, 0.3) is 0 Å².